The Bertz CT molecular complexity index is 174. The van der Waals surface area contributed by atoms with Crippen LogP contribution in [0.4, 0.5) is 0 Å². The predicted octanol–water partition coefficient (Wildman–Crippen LogP) is 0.290. The summed E-state index contributed by atoms with van der Waals surface area (Å²) in [5, 5.41) is 9.98. The molecule has 1 aromatic rings. The Balaban J connectivity index is 2.43. The first-order valence-corrected chi connectivity index (χ1v) is 3.41. The normalized spacial score (nSPS) is 9.70. The minimum absolute atomic E-state index is 0.629. The van der Waals surface area contributed by atoms with E-state index in [2.05, 4.69) is 0 Å². The summed E-state index contributed by atoms with van der Waals surface area (Å²) in [6.07, 6.45) is 0.865. The lowest BCUT2D eigenvalue weighted by Crippen LogP contribution is -2.77. The van der Waals surface area contributed by atoms with Crippen LogP contribution >= 0.6 is 0 Å². The molecule has 0 saturated heterocycles. The lowest BCUT2D eigenvalue weighted by Gasteiger charge is -2.00. The SMILES string of the molecule is [O-][NH2+]CCc1ccccc1. The van der Waals surface area contributed by atoms with E-state index in [4.69, 9.17) is 0 Å². The van der Waals surface area contributed by atoms with Crippen LogP contribution < -0.4 is 5.48 Å². The van der Waals surface area contributed by atoms with Crippen molar-refractivity contribution in [2.24, 2.45) is 0 Å². The molecule has 0 amide bonds. The fourth-order valence-electron chi connectivity index (χ4n) is 0.870. The van der Waals surface area contributed by atoms with Crippen LogP contribution in [0.2, 0.25) is 0 Å². The lowest BCUT2D eigenvalue weighted by molar-refractivity contribution is -0.588. The largest absolute Gasteiger partial charge is 0.636 e. The maximum Gasteiger partial charge on any atom is 0.0793 e. The van der Waals surface area contributed by atoms with Crippen molar-refractivity contribution in [2.45, 2.75) is 6.42 Å². The fraction of sp³-hybridized carbons (Fsp3) is 0.250. The summed E-state index contributed by atoms with van der Waals surface area (Å²) in [5.41, 5.74) is 2.18. The number of quaternary nitrogens is 1. The van der Waals surface area contributed by atoms with E-state index < -0.39 is 0 Å². The third-order valence-corrected chi connectivity index (χ3v) is 1.39. The van der Waals surface area contributed by atoms with Crippen LogP contribution in [-0.2, 0) is 6.42 Å². The van der Waals surface area contributed by atoms with Crippen LogP contribution in [0.25, 0.3) is 0 Å². The zero-order chi connectivity index (χ0) is 7.23. The number of nitrogens with two attached hydrogens (primary N) is 1. The number of hydrogen-bond acceptors (Lipinski definition) is 1. The molecule has 0 aliphatic carbocycles. The van der Waals surface area contributed by atoms with E-state index in [1.54, 1.807) is 0 Å². The first-order valence-electron chi connectivity index (χ1n) is 3.41. The van der Waals surface area contributed by atoms with Gasteiger partial charge in [0.25, 0.3) is 0 Å². The standard InChI is InChI=1S/C8H11NO/c10-9-7-6-8-4-2-1-3-5-8/h1-5H,6-7,9H2. The van der Waals surface area contributed by atoms with Crippen molar-refractivity contribution in [1.29, 1.82) is 0 Å². The second-order valence-electron chi connectivity index (χ2n) is 2.19. The predicted molar refractivity (Wildman–Crippen MR) is 40.3 cm³/mol. The van der Waals surface area contributed by atoms with Crippen LogP contribution in [0.15, 0.2) is 30.3 Å². The summed E-state index contributed by atoms with van der Waals surface area (Å²) in [4.78, 5) is 0. The van der Waals surface area contributed by atoms with Gasteiger partial charge < -0.3 is 10.7 Å². The number of rotatable bonds is 3. The Morgan fingerprint density at radius 2 is 1.90 bits per heavy atom. The van der Waals surface area contributed by atoms with E-state index in [-0.39, 0.29) is 0 Å². The lowest BCUT2D eigenvalue weighted by atomic mass is 10.2. The van der Waals surface area contributed by atoms with E-state index in [0.29, 0.717) is 6.54 Å². The smallest absolute Gasteiger partial charge is 0.0793 e. The molecule has 2 N–H and O–H groups in total. The fourth-order valence-corrected chi connectivity index (χ4v) is 0.870. The number of hydrogen-bond donors (Lipinski definition) is 1. The molecule has 0 radical (unpaired) electrons. The van der Waals surface area contributed by atoms with Crippen molar-refractivity contribution in [1.82, 2.24) is 0 Å². The molecular formula is C8H11NO. The molecule has 2 nitrogen and oxygen atoms in total. The van der Waals surface area contributed by atoms with Gasteiger partial charge >= 0.3 is 0 Å². The molecule has 0 aromatic heterocycles. The van der Waals surface area contributed by atoms with Gasteiger partial charge in [0.1, 0.15) is 0 Å². The molecule has 0 atom stereocenters. The van der Waals surface area contributed by atoms with Crippen molar-refractivity contribution >= 4 is 0 Å². The molecule has 0 fully saturated rings. The van der Waals surface area contributed by atoms with Gasteiger partial charge in [-0.15, -0.1) is 0 Å². The Morgan fingerprint density at radius 3 is 2.50 bits per heavy atom. The van der Waals surface area contributed by atoms with Gasteiger partial charge in [0, 0.05) is 6.42 Å². The summed E-state index contributed by atoms with van der Waals surface area (Å²) < 4.78 is 0. The summed E-state index contributed by atoms with van der Waals surface area (Å²) in [6.45, 7) is 0.629. The summed E-state index contributed by atoms with van der Waals surface area (Å²) >= 11 is 0. The molecule has 0 unspecified atom stereocenters. The minimum Gasteiger partial charge on any atom is -0.636 e. The van der Waals surface area contributed by atoms with E-state index >= 15 is 0 Å². The molecule has 0 bridgehead atoms. The van der Waals surface area contributed by atoms with E-state index in [9.17, 15) is 5.21 Å². The minimum atomic E-state index is 0.629. The Kier molecular flexibility index (Phi) is 2.93. The molecule has 0 heterocycles. The molecule has 0 aliphatic rings. The molecule has 0 saturated carbocycles. The van der Waals surface area contributed by atoms with Gasteiger partial charge in [-0.2, -0.15) is 0 Å². The zero-order valence-electron chi connectivity index (χ0n) is 5.79. The number of benzene rings is 1. The van der Waals surface area contributed by atoms with Crippen molar-refractivity contribution in [2.75, 3.05) is 6.54 Å². The van der Waals surface area contributed by atoms with Crippen LogP contribution in [0, 0.1) is 5.21 Å². The average Bonchev–Trinajstić information content (AvgIpc) is 2.03. The summed E-state index contributed by atoms with van der Waals surface area (Å²) in [7, 11) is 0. The van der Waals surface area contributed by atoms with Gasteiger partial charge in [0.15, 0.2) is 0 Å². The second-order valence-corrected chi connectivity index (χ2v) is 2.19. The maximum atomic E-state index is 9.98. The van der Waals surface area contributed by atoms with Gasteiger partial charge in [-0.3, -0.25) is 0 Å². The molecular weight excluding hydrogens is 126 g/mol. The van der Waals surface area contributed by atoms with Gasteiger partial charge in [-0.25, -0.2) is 0 Å². The topological polar surface area (TPSA) is 39.7 Å². The molecule has 54 valence electrons. The van der Waals surface area contributed by atoms with Crippen molar-refractivity contribution in [3.05, 3.63) is 41.1 Å². The molecule has 0 spiro atoms. The highest BCUT2D eigenvalue weighted by molar-refractivity contribution is 5.14. The first-order chi connectivity index (χ1) is 4.93. The summed E-state index contributed by atoms with van der Waals surface area (Å²) in [5.74, 6) is 0. The molecule has 1 rings (SSSR count). The molecule has 2 heteroatoms. The van der Waals surface area contributed by atoms with Gasteiger partial charge in [0.05, 0.1) is 6.54 Å². The molecule has 1 aromatic carbocycles. The highest BCUT2D eigenvalue weighted by atomic mass is 16.5. The summed E-state index contributed by atoms with van der Waals surface area (Å²) in [6, 6.07) is 10.0. The number of hydroxylamine groups is 1. The third kappa shape index (κ3) is 2.17. The molecule has 0 aliphatic heterocycles. The van der Waals surface area contributed by atoms with Crippen LogP contribution in [0.5, 0.6) is 0 Å². The maximum absolute atomic E-state index is 9.98. The van der Waals surface area contributed by atoms with Crippen molar-refractivity contribution in [3.63, 3.8) is 0 Å². The Hall–Kier alpha value is -0.860. The van der Waals surface area contributed by atoms with Crippen LogP contribution in [0.3, 0.4) is 0 Å². The van der Waals surface area contributed by atoms with Gasteiger partial charge in [-0.05, 0) is 5.56 Å². The van der Waals surface area contributed by atoms with Gasteiger partial charge in [-0.1, -0.05) is 30.3 Å². The zero-order valence-corrected chi connectivity index (χ0v) is 5.79. The van der Waals surface area contributed by atoms with E-state index in [1.165, 1.54) is 5.56 Å². The monoisotopic (exact) mass is 137 g/mol. The first kappa shape index (κ1) is 7.25. The molecule has 10 heavy (non-hydrogen) atoms. The second kappa shape index (κ2) is 4.04. The Morgan fingerprint density at radius 1 is 1.20 bits per heavy atom. The van der Waals surface area contributed by atoms with E-state index in [0.717, 1.165) is 11.9 Å². The van der Waals surface area contributed by atoms with E-state index in [1.807, 2.05) is 30.3 Å². The quantitative estimate of drug-likeness (QED) is 0.597. The Labute approximate surface area is 60.5 Å². The van der Waals surface area contributed by atoms with Crippen LogP contribution in [-0.4, -0.2) is 6.54 Å². The highest BCUT2D eigenvalue weighted by Crippen LogP contribution is 1.96. The van der Waals surface area contributed by atoms with Crippen molar-refractivity contribution < 1.29 is 5.48 Å². The van der Waals surface area contributed by atoms with Gasteiger partial charge in [0.2, 0.25) is 0 Å². The van der Waals surface area contributed by atoms with Crippen molar-refractivity contribution in [3.8, 4) is 0 Å². The van der Waals surface area contributed by atoms with Crippen LogP contribution in [0.1, 0.15) is 5.56 Å². The highest BCUT2D eigenvalue weighted by Gasteiger charge is 1.87. The third-order valence-electron chi connectivity index (χ3n) is 1.39. The average molecular weight is 137 g/mol.